The van der Waals surface area contributed by atoms with Gasteiger partial charge >= 0.3 is 0 Å². The largest absolute Gasteiger partial charge is 0.546 e. The van der Waals surface area contributed by atoms with E-state index in [9.17, 15) is 9.90 Å². The molecule has 0 amide bonds. The van der Waals surface area contributed by atoms with Crippen molar-refractivity contribution in [1.29, 1.82) is 0 Å². The lowest BCUT2D eigenvalue weighted by Crippen LogP contribution is -2.45. The molecule has 2 rings (SSSR count). The Balaban J connectivity index is 2.29. The average Bonchev–Trinajstić information content (AvgIpc) is 2.26. The summed E-state index contributed by atoms with van der Waals surface area (Å²) < 4.78 is 10.7. The van der Waals surface area contributed by atoms with E-state index in [4.69, 9.17) is 9.47 Å². The van der Waals surface area contributed by atoms with E-state index in [0.717, 1.165) is 5.56 Å². The van der Waals surface area contributed by atoms with Crippen molar-refractivity contribution in [3.8, 4) is 11.5 Å². The van der Waals surface area contributed by atoms with E-state index in [2.05, 4.69) is 20.8 Å². The second-order valence-corrected chi connectivity index (χ2v) is 5.15. The van der Waals surface area contributed by atoms with Gasteiger partial charge in [0, 0.05) is 0 Å². The van der Waals surface area contributed by atoms with Crippen molar-refractivity contribution >= 4 is 5.97 Å². The first-order valence-corrected chi connectivity index (χ1v) is 5.53. The number of ether oxygens (including phenoxy) is 2. The number of rotatable bonds is 1. The molecule has 0 radical (unpaired) electrons. The van der Waals surface area contributed by atoms with Gasteiger partial charge in [0.15, 0.2) is 17.6 Å². The van der Waals surface area contributed by atoms with E-state index in [1.54, 1.807) is 6.07 Å². The molecule has 0 saturated heterocycles. The molecule has 0 bridgehead atoms. The maximum atomic E-state index is 10.7. The van der Waals surface area contributed by atoms with Crippen LogP contribution in [0, 0.1) is 0 Å². The quantitative estimate of drug-likeness (QED) is 0.724. The zero-order valence-corrected chi connectivity index (χ0v) is 10.1. The van der Waals surface area contributed by atoms with Crippen molar-refractivity contribution in [1.82, 2.24) is 0 Å². The van der Waals surface area contributed by atoms with Crippen LogP contribution in [0.5, 0.6) is 11.5 Å². The Kier molecular flexibility index (Phi) is 2.73. The Morgan fingerprint density at radius 3 is 2.65 bits per heavy atom. The molecule has 1 aromatic rings. The number of carboxylic acids is 1. The lowest BCUT2D eigenvalue weighted by molar-refractivity contribution is -0.315. The first-order chi connectivity index (χ1) is 7.88. The van der Waals surface area contributed by atoms with Gasteiger partial charge in [0.2, 0.25) is 0 Å². The topological polar surface area (TPSA) is 58.6 Å². The van der Waals surface area contributed by atoms with Gasteiger partial charge in [-0.05, 0) is 23.1 Å². The van der Waals surface area contributed by atoms with E-state index in [1.165, 1.54) is 0 Å². The molecule has 1 heterocycles. The Morgan fingerprint density at radius 1 is 1.35 bits per heavy atom. The van der Waals surface area contributed by atoms with E-state index < -0.39 is 12.1 Å². The fraction of sp³-hybridized carbons (Fsp3) is 0.462. The number of carboxylic acid groups (broad SMARTS) is 1. The SMILES string of the molecule is CC(C)(C)c1ccc2c(c1)OC[C@@H](C(=O)[O-])O2. The minimum absolute atomic E-state index is 0.0110. The van der Waals surface area contributed by atoms with Crippen LogP contribution in [-0.4, -0.2) is 18.7 Å². The van der Waals surface area contributed by atoms with Gasteiger partial charge in [-0.25, -0.2) is 0 Å². The van der Waals surface area contributed by atoms with Crippen molar-refractivity contribution in [2.24, 2.45) is 0 Å². The molecule has 1 atom stereocenters. The number of fused-ring (bicyclic) bond motifs is 1. The van der Waals surface area contributed by atoms with Gasteiger partial charge in [0.05, 0.1) is 5.97 Å². The molecule has 0 aromatic heterocycles. The molecule has 17 heavy (non-hydrogen) atoms. The molecule has 1 aliphatic rings. The highest BCUT2D eigenvalue weighted by Gasteiger charge is 2.24. The van der Waals surface area contributed by atoms with Crippen LogP contribution in [0.1, 0.15) is 26.3 Å². The Bertz CT molecular complexity index is 445. The van der Waals surface area contributed by atoms with Crippen LogP contribution in [-0.2, 0) is 10.2 Å². The molecule has 1 aromatic carbocycles. The van der Waals surface area contributed by atoms with Crippen LogP contribution in [0.15, 0.2) is 18.2 Å². The van der Waals surface area contributed by atoms with Crippen molar-refractivity contribution in [2.45, 2.75) is 32.3 Å². The molecular formula is C13H15O4-. The zero-order chi connectivity index (χ0) is 12.6. The highest BCUT2D eigenvalue weighted by Crippen LogP contribution is 2.35. The molecule has 92 valence electrons. The van der Waals surface area contributed by atoms with Gasteiger partial charge < -0.3 is 19.4 Å². The molecule has 0 saturated carbocycles. The minimum atomic E-state index is -1.25. The van der Waals surface area contributed by atoms with Crippen LogP contribution in [0.3, 0.4) is 0 Å². The number of benzene rings is 1. The van der Waals surface area contributed by atoms with E-state index in [0.29, 0.717) is 11.5 Å². The van der Waals surface area contributed by atoms with E-state index in [-0.39, 0.29) is 12.0 Å². The number of carbonyl (C=O) groups excluding carboxylic acids is 1. The molecule has 1 aliphatic heterocycles. The van der Waals surface area contributed by atoms with Crippen LogP contribution >= 0.6 is 0 Å². The number of aliphatic carboxylic acids is 1. The summed E-state index contributed by atoms with van der Waals surface area (Å²) >= 11 is 0. The normalized spacial score (nSPS) is 18.9. The monoisotopic (exact) mass is 235 g/mol. The van der Waals surface area contributed by atoms with Crippen molar-refractivity contribution < 1.29 is 19.4 Å². The fourth-order valence-corrected chi connectivity index (χ4v) is 1.65. The van der Waals surface area contributed by atoms with Gasteiger partial charge in [-0.2, -0.15) is 0 Å². The van der Waals surface area contributed by atoms with Crippen LogP contribution in [0.2, 0.25) is 0 Å². The minimum Gasteiger partial charge on any atom is -0.546 e. The summed E-state index contributed by atoms with van der Waals surface area (Å²) in [5, 5.41) is 10.7. The predicted octanol–water partition coefficient (Wildman–Crippen LogP) is 0.874. The third-order valence-corrected chi connectivity index (χ3v) is 2.73. The maximum absolute atomic E-state index is 10.7. The molecule has 0 spiro atoms. The first kappa shape index (κ1) is 11.8. The van der Waals surface area contributed by atoms with E-state index in [1.807, 2.05) is 12.1 Å². The molecular weight excluding hydrogens is 220 g/mol. The summed E-state index contributed by atoms with van der Waals surface area (Å²) in [5.41, 5.74) is 1.13. The first-order valence-electron chi connectivity index (χ1n) is 5.53. The van der Waals surface area contributed by atoms with Gasteiger partial charge in [-0.1, -0.05) is 26.8 Å². The Hall–Kier alpha value is -1.71. The highest BCUT2D eigenvalue weighted by molar-refractivity contribution is 5.71. The third kappa shape index (κ3) is 2.35. The summed E-state index contributed by atoms with van der Waals surface area (Å²) in [6.07, 6.45) is -1.03. The lowest BCUT2D eigenvalue weighted by atomic mass is 9.87. The van der Waals surface area contributed by atoms with Crippen LogP contribution in [0.4, 0.5) is 0 Å². The van der Waals surface area contributed by atoms with Crippen molar-refractivity contribution in [3.05, 3.63) is 23.8 Å². The highest BCUT2D eigenvalue weighted by atomic mass is 16.6. The summed E-state index contributed by atoms with van der Waals surface area (Å²) in [7, 11) is 0. The van der Waals surface area contributed by atoms with Gasteiger partial charge in [-0.3, -0.25) is 0 Å². The molecule has 0 fully saturated rings. The molecule has 4 nitrogen and oxygen atoms in total. The number of carbonyl (C=O) groups is 1. The molecule has 0 unspecified atom stereocenters. The summed E-state index contributed by atoms with van der Waals surface area (Å²) in [6, 6.07) is 5.55. The van der Waals surface area contributed by atoms with Crippen LogP contribution in [0.25, 0.3) is 0 Å². The van der Waals surface area contributed by atoms with Crippen LogP contribution < -0.4 is 14.6 Å². The lowest BCUT2D eigenvalue weighted by Gasteiger charge is -2.28. The zero-order valence-electron chi connectivity index (χ0n) is 10.1. The number of hydrogen-bond acceptors (Lipinski definition) is 4. The predicted molar refractivity (Wildman–Crippen MR) is 60.1 cm³/mol. The van der Waals surface area contributed by atoms with Crippen molar-refractivity contribution in [2.75, 3.05) is 6.61 Å². The van der Waals surface area contributed by atoms with Crippen molar-refractivity contribution in [3.63, 3.8) is 0 Å². The second kappa shape index (κ2) is 3.95. The Morgan fingerprint density at radius 2 is 2.06 bits per heavy atom. The molecule has 0 N–H and O–H groups in total. The summed E-state index contributed by atoms with van der Waals surface area (Å²) in [5.74, 6) is -0.205. The molecule has 0 aliphatic carbocycles. The van der Waals surface area contributed by atoms with Gasteiger partial charge in [0.25, 0.3) is 0 Å². The summed E-state index contributed by atoms with van der Waals surface area (Å²) in [4.78, 5) is 10.7. The summed E-state index contributed by atoms with van der Waals surface area (Å²) in [6.45, 7) is 6.29. The smallest absolute Gasteiger partial charge is 0.172 e. The molecule has 4 heteroatoms. The Labute approximate surface area is 100 Å². The third-order valence-electron chi connectivity index (χ3n) is 2.73. The second-order valence-electron chi connectivity index (χ2n) is 5.15. The average molecular weight is 235 g/mol. The van der Waals surface area contributed by atoms with E-state index >= 15 is 0 Å². The van der Waals surface area contributed by atoms with Gasteiger partial charge in [0.1, 0.15) is 6.61 Å². The van der Waals surface area contributed by atoms with Gasteiger partial charge in [-0.15, -0.1) is 0 Å². The number of hydrogen-bond donors (Lipinski definition) is 0. The standard InChI is InChI=1S/C13H16O4/c1-13(2,3)8-4-5-9-10(6-8)16-7-11(17-9)12(14)15/h4-6,11H,7H2,1-3H3,(H,14,15)/p-1/t11-/m0/s1. The fourth-order valence-electron chi connectivity index (χ4n) is 1.65. The maximum Gasteiger partial charge on any atom is 0.172 e.